The molecular formula is C17H16S. The Labute approximate surface area is 112 Å². The molecule has 1 heterocycles. The highest BCUT2D eigenvalue weighted by atomic mass is 32.1. The van der Waals surface area contributed by atoms with E-state index in [0.29, 0.717) is 0 Å². The van der Waals surface area contributed by atoms with Crippen molar-refractivity contribution in [1.29, 1.82) is 0 Å². The molecule has 0 amide bonds. The largest absolute Gasteiger partial charge is 0.151 e. The molecule has 0 radical (unpaired) electrons. The molecule has 0 aliphatic heterocycles. The van der Waals surface area contributed by atoms with Crippen molar-refractivity contribution in [3.05, 3.63) is 58.3 Å². The van der Waals surface area contributed by atoms with Crippen LogP contribution in [0.2, 0.25) is 0 Å². The molecular weight excluding hydrogens is 236 g/mol. The Balaban J connectivity index is 2.37. The van der Waals surface area contributed by atoms with E-state index in [9.17, 15) is 0 Å². The number of thiophene rings is 1. The van der Waals surface area contributed by atoms with Gasteiger partial charge in [-0.3, -0.25) is 0 Å². The van der Waals surface area contributed by atoms with E-state index in [0.717, 1.165) is 6.42 Å². The first kappa shape index (κ1) is 11.5. The molecule has 90 valence electrons. The lowest BCUT2D eigenvalue weighted by Gasteiger charge is -2.11. The normalized spacial score (nSPS) is 11.0. The molecule has 0 N–H and O–H groups in total. The summed E-state index contributed by atoms with van der Waals surface area (Å²) in [6, 6.07) is 13.1. The van der Waals surface area contributed by atoms with Gasteiger partial charge in [0.05, 0.1) is 0 Å². The van der Waals surface area contributed by atoms with Crippen LogP contribution < -0.4 is 0 Å². The van der Waals surface area contributed by atoms with Gasteiger partial charge in [0.2, 0.25) is 0 Å². The molecule has 1 aromatic heterocycles. The Kier molecular flexibility index (Phi) is 2.92. The zero-order valence-electron chi connectivity index (χ0n) is 10.7. The molecule has 1 heteroatoms. The van der Waals surface area contributed by atoms with Gasteiger partial charge in [0.25, 0.3) is 0 Å². The van der Waals surface area contributed by atoms with Crippen molar-refractivity contribution in [3.63, 3.8) is 0 Å². The van der Waals surface area contributed by atoms with Gasteiger partial charge in [-0.15, -0.1) is 0 Å². The lowest BCUT2D eigenvalue weighted by molar-refractivity contribution is 1.16. The zero-order chi connectivity index (χ0) is 12.5. The summed E-state index contributed by atoms with van der Waals surface area (Å²) in [6.07, 6.45) is 1.10. The summed E-state index contributed by atoms with van der Waals surface area (Å²) < 4.78 is 0. The standard InChI is InChI=1S/C17H16S/c1-3-13-10-18-11-16(13)17-12(2)8-9-14-6-4-5-7-15(14)17/h4-11H,3H2,1-2H3. The quantitative estimate of drug-likeness (QED) is 0.569. The first-order valence-electron chi connectivity index (χ1n) is 6.35. The number of rotatable bonds is 2. The third-order valence-corrected chi connectivity index (χ3v) is 4.32. The molecule has 0 saturated heterocycles. The van der Waals surface area contributed by atoms with Crippen LogP contribution in [-0.4, -0.2) is 0 Å². The molecule has 0 aliphatic carbocycles. The Morgan fingerprint density at radius 2 is 1.83 bits per heavy atom. The summed E-state index contributed by atoms with van der Waals surface area (Å²) >= 11 is 1.80. The van der Waals surface area contributed by atoms with E-state index >= 15 is 0 Å². The second-order valence-corrected chi connectivity index (χ2v) is 5.39. The SMILES string of the molecule is CCc1cscc1-c1c(C)ccc2ccccc12. The predicted molar refractivity (Wildman–Crippen MR) is 81.4 cm³/mol. The minimum atomic E-state index is 1.10. The molecule has 0 atom stereocenters. The molecule has 0 nitrogen and oxygen atoms in total. The summed E-state index contributed by atoms with van der Waals surface area (Å²) in [4.78, 5) is 0. The number of fused-ring (bicyclic) bond motifs is 1. The van der Waals surface area contributed by atoms with Crippen LogP contribution in [0.4, 0.5) is 0 Å². The molecule has 0 aliphatic rings. The van der Waals surface area contributed by atoms with Crippen LogP contribution in [-0.2, 0) is 6.42 Å². The van der Waals surface area contributed by atoms with Gasteiger partial charge in [-0.1, -0.05) is 43.3 Å². The van der Waals surface area contributed by atoms with Gasteiger partial charge >= 0.3 is 0 Å². The van der Waals surface area contributed by atoms with Gasteiger partial charge in [0.15, 0.2) is 0 Å². The molecule has 0 bridgehead atoms. The molecule has 0 fully saturated rings. The third kappa shape index (κ3) is 1.75. The minimum absolute atomic E-state index is 1.10. The first-order chi connectivity index (χ1) is 8.81. The molecule has 0 unspecified atom stereocenters. The van der Waals surface area contributed by atoms with Crippen molar-refractivity contribution in [2.75, 3.05) is 0 Å². The lowest BCUT2D eigenvalue weighted by atomic mass is 9.93. The maximum atomic E-state index is 2.29. The van der Waals surface area contributed by atoms with Gasteiger partial charge in [-0.2, -0.15) is 11.3 Å². The van der Waals surface area contributed by atoms with E-state index in [4.69, 9.17) is 0 Å². The van der Waals surface area contributed by atoms with Crippen LogP contribution in [0.25, 0.3) is 21.9 Å². The van der Waals surface area contributed by atoms with Crippen molar-refractivity contribution in [1.82, 2.24) is 0 Å². The second-order valence-electron chi connectivity index (χ2n) is 4.64. The van der Waals surface area contributed by atoms with Crippen LogP contribution in [0.1, 0.15) is 18.1 Å². The smallest absolute Gasteiger partial charge is 0.00115 e. The fraction of sp³-hybridized carbons (Fsp3) is 0.176. The van der Waals surface area contributed by atoms with E-state index in [1.54, 1.807) is 11.3 Å². The van der Waals surface area contributed by atoms with Crippen molar-refractivity contribution >= 4 is 22.1 Å². The van der Waals surface area contributed by atoms with Gasteiger partial charge in [-0.05, 0) is 57.1 Å². The topological polar surface area (TPSA) is 0 Å². The van der Waals surface area contributed by atoms with E-state index in [-0.39, 0.29) is 0 Å². The summed E-state index contributed by atoms with van der Waals surface area (Å²) in [5, 5.41) is 7.25. The molecule has 0 spiro atoms. The van der Waals surface area contributed by atoms with Crippen molar-refractivity contribution < 1.29 is 0 Å². The number of benzene rings is 2. The van der Waals surface area contributed by atoms with Gasteiger partial charge in [0.1, 0.15) is 0 Å². The fourth-order valence-electron chi connectivity index (χ4n) is 2.55. The molecule has 18 heavy (non-hydrogen) atoms. The van der Waals surface area contributed by atoms with Crippen LogP contribution in [0.5, 0.6) is 0 Å². The van der Waals surface area contributed by atoms with Crippen LogP contribution in [0.15, 0.2) is 47.2 Å². The van der Waals surface area contributed by atoms with Gasteiger partial charge in [-0.25, -0.2) is 0 Å². The van der Waals surface area contributed by atoms with Crippen LogP contribution >= 0.6 is 11.3 Å². The Hall–Kier alpha value is -1.60. The Bertz CT molecular complexity index is 692. The minimum Gasteiger partial charge on any atom is -0.151 e. The van der Waals surface area contributed by atoms with E-state index in [1.165, 1.54) is 33.0 Å². The highest BCUT2D eigenvalue weighted by Gasteiger charge is 2.11. The first-order valence-corrected chi connectivity index (χ1v) is 7.29. The summed E-state index contributed by atoms with van der Waals surface area (Å²) in [5.41, 5.74) is 5.64. The van der Waals surface area contributed by atoms with Crippen molar-refractivity contribution in [2.45, 2.75) is 20.3 Å². The van der Waals surface area contributed by atoms with E-state index in [2.05, 4.69) is 61.0 Å². The highest BCUT2D eigenvalue weighted by molar-refractivity contribution is 7.08. The molecule has 2 aromatic carbocycles. The second kappa shape index (κ2) is 4.58. The molecule has 3 aromatic rings. The summed E-state index contributed by atoms with van der Waals surface area (Å²) in [6.45, 7) is 4.44. The Morgan fingerprint density at radius 1 is 1.00 bits per heavy atom. The number of aryl methyl sites for hydroxylation is 2. The zero-order valence-corrected chi connectivity index (χ0v) is 11.6. The maximum absolute atomic E-state index is 2.29. The van der Waals surface area contributed by atoms with Crippen LogP contribution in [0.3, 0.4) is 0 Å². The summed E-state index contributed by atoms with van der Waals surface area (Å²) in [7, 11) is 0. The molecule has 0 saturated carbocycles. The average Bonchev–Trinajstić information content (AvgIpc) is 2.86. The monoisotopic (exact) mass is 252 g/mol. The van der Waals surface area contributed by atoms with Crippen LogP contribution in [0, 0.1) is 6.92 Å². The van der Waals surface area contributed by atoms with Crippen molar-refractivity contribution in [3.8, 4) is 11.1 Å². The number of hydrogen-bond donors (Lipinski definition) is 0. The van der Waals surface area contributed by atoms with E-state index < -0.39 is 0 Å². The summed E-state index contributed by atoms with van der Waals surface area (Å²) in [5.74, 6) is 0. The van der Waals surface area contributed by atoms with E-state index in [1.807, 2.05) is 0 Å². The number of hydrogen-bond acceptors (Lipinski definition) is 1. The third-order valence-electron chi connectivity index (χ3n) is 3.53. The molecule has 3 rings (SSSR count). The fourth-order valence-corrected chi connectivity index (χ4v) is 3.49. The van der Waals surface area contributed by atoms with Crippen molar-refractivity contribution in [2.24, 2.45) is 0 Å². The Morgan fingerprint density at radius 3 is 2.67 bits per heavy atom. The maximum Gasteiger partial charge on any atom is -0.00115 e. The predicted octanol–water partition coefficient (Wildman–Crippen LogP) is 5.44. The lowest BCUT2D eigenvalue weighted by Crippen LogP contribution is -1.88. The highest BCUT2D eigenvalue weighted by Crippen LogP contribution is 2.35. The average molecular weight is 252 g/mol. The van der Waals surface area contributed by atoms with Gasteiger partial charge in [0, 0.05) is 0 Å². The van der Waals surface area contributed by atoms with Gasteiger partial charge < -0.3 is 0 Å².